The van der Waals surface area contributed by atoms with E-state index in [1.165, 1.54) is 6.42 Å². The number of aromatic amines is 1. The fourth-order valence-corrected chi connectivity index (χ4v) is 5.80. The first-order chi connectivity index (χ1) is 17.5. The van der Waals surface area contributed by atoms with Gasteiger partial charge >= 0.3 is 0 Å². The van der Waals surface area contributed by atoms with Crippen LogP contribution in [0.3, 0.4) is 0 Å². The Morgan fingerprint density at radius 2 is 1.72 bits per heavy atom. The summed E-state index contributed by atoms with van der Waals surface area (Å²) in [6.45, 7) is 0.235. The summed E-state index contributed by atoms with van der Waals surface area (Å²) >= 11 is 0. The number of fused-ring (bicyclic) bond motifs is 1. The summed E-state index contributed by atoms with van der Waals surface area (Å²) < 4.78 is 10.5. The molecule has 1 aromatic carbocycles. The van der Waals surface area contributed by atoms with Crippen LogP contribution in [0.25, 0.3) is 10.9 Å². The first-order valence-corrected chi connectivity index (χ1v) is 13.5. The third kappa shape index (κ3) is 6.47. The average Bonchev–Trinajstić information content (AvgIpc) is 3.32. The predicted molar refractivity (Wildman–Crippen MR) is 141 cm³/mol. The molecule has 4 N–H and O–H groups in total. The van der Waals surface area contributed by atoms with Gasteiger partial charge in [-0.05, 0) is 43.7 Å². The first-order valence-electron chi connectivity index (χ1n) is 13.5. The molecule has 8 nitrogen and oxygen atoms in total. The predicted octanol–water partition coefficient (Wildman–Crippen LogP) is 3.56. The Balaban J connectivity index is 1.56. The van der Waals surface area contributed by atoms with Gasteiger partial charge in [0.2, 0.25) is 11.8 Å². The molecule has 8 heteroatoms. The molecule has 0 aliphatic heterocycles. The minimum absolute atomic E-state index is 0.0532. The Kier molecular flexibility index (Phi) is 9.40. The molecular weight excluding hydrogens is 456 g/mol. The number of benzene rings is 1. The Labute approximate surface area is 214 Å². The van der Waals surface area contributed by atoms with E-state index in [-0.39, 0.29) is 24.4 Å². The van der Waals surface area contributed by atoms with Crippen LogP contribution in [0.4, 0.5) is 0 Å². The number of hydrogen-bond acceptors (Lipinski definition) is 5. The van der Waals surface area contributed by atoms with Crippen molar-refractivity contribution < 1.29 is 19.1 Å². The molecule has 0 radical (unpaired) electrons. The summed E-state index contributed by atoms with van der Waals surface area (Å²) in [6, 6.07) is 7.75. The molecule has 2 saturated carbocycles. The largest absolute Gasteiger partial charge is 0.361 e. The highest BCUT2D eigenvalue weighted by Gasteiger charge is 2.43. The Bertz CT molecular complexity index is 990. The number of aromatic nitrogens is 1. The zero-order chi connectivity index (χ0) is 25.4. The topological polar surface area (TPSA) is 104 Å². The number of carbonyl (C=O) groups excluding carboxylic acids is 2. The molecule has 1 atom stereocenters. The van der Waals surface area contributed by atoms with Crippen molar-refractivity contribution in [1.29, 1.82) is 0 Å². The van der Waals surface area contributed by atoms with Gasteiger partial charge in [-0.2, -0.15) is 0 Å². The molecule has 0 spiro atoms. The van der Waals surface area contributed by atoms with Crippen LogP contribution in [0.2, 0.25) is 0 Å². The van der Waals surface area contributed by atoms with Crippen LogP contribution >= 0.6 is 0 Å². The summed E-state index contributed by atoms with van der Waals surface area (Å²) in [7, 11) is 3.10. The van der Waals surface area contributed by atoms with Crippen molar-refractivity contribution in [3.63, 3.8) is 0 Å². The van der Waals surface area contributed by atoms with Crippen molar-refractivity contribution in [1.82, 2.24) is 20.9 Å². The highest BCUT2D eigenvalue weighted by Crippen LogP contribution is 2.31. The van der Waals surface area contributed by atoms with E-state index in [0.29, 0.717) is 6.42 Å². The monoisotopic (exact) mass is 498 g/mol. The molecule has 36 heavy (non-hydrogen) atoms. The Hall–Kier alpha value is -2.42. The molecule has 2 amide bonds. The maximum absolute atomic E-state index is 13.8. The molecule has 1 aromatic heterocycles. The standard InChI is InChI=1S/C28H42N4O4/c1-35-25(36-2)19-30-26(33)24(17-20-18-29-23-14-8-7-13-22(20)23)32-28(15-9-4-10-16-28)27(34)31-21-11-5-3-6-12-21/h7-8,13-14,18,21,24-25,29,32H,3-6,9-12,15-17,19H2,1-2H3,(H,30,33)(H,31,34)/t24-/m0/s1. The highest BCUT2D eigenvalue weighted by atomic mass is 16.7. The van der Waals surface area contributed by atoms with Crippen molar-refractivity contribution >= 4 is 22.7 Å². The fourth-order valence-electron chi connectivity index (χ4n) is 5.80. The molecule has 2 aromatic rings. The molecule has 2 aliphatic rings. The summed E-state index contributed by atoms with van der Waals surface area (Å²) in [5.41, 5.74) is 1.34. The van der Waals surface area contributed by atoms with Crippen LogP contribution in [0, 0.1) is 0 Å². The third-order valence-electron chi connectivity index (χ3n) is 7.92. The second-order valence-electron chi connectivity index (χ2n) is 10.4. The molecule has 198 valence electrons. The van der Waals surface area contributed by atoms with Gasteiger partial charge in [0.1, 0.15) is 0 Å². The van der Waals surface area contributed by atoms with E-state index in [9.17, 15) is 9.59 Å². The second-order valence-corrected chi connectivity index (χ2v) is 10.4. The first kappa shape index (κ1) is 26.6. The van der Waals surface area contributed by atoms with Gasteiger partial charge < -0.3 is 25.1 Å². The molecule has 4 rings (SSSR count). The lowest BCUT2D eigenvalue weighted by molar-refractivity contribution is -0.133. The van der Waals surface area contributed by atoms with Crippen LogP contribution < -0.4 is 16.0 Å². The van der Waals surface area contributed by atoms with Gasteiger partial charge in [0.15, 0.2) is 6.29 Å². The van der Waals surface area contributed by atoms with Gasteiger partial charge in [-0.15, -0.1) is 0 Å². The summed E-state index contributed by atoms with van der Waals surface area (Å²) in [4.78, 5) is 30.6. The second kappa shape index (κ2) is 12.7. The zero-order valence-electron chi connectivity index (χ0n) is 21.7. The smallest absolute Gasteiger partial charge is 0.240 e. The lowest BCUT2D eigenvalue weighted by Gasteiger charge is -2.40. The van der Waals surface area contributed by atoms with Crippen LogP contribution in [0.5, 0.6) is 0 Å². The average molecular weight is 499 g/mol. The number of H-pyrrole nitrogens is 1. The zero-order valence-corrected chi connectivity index (χ0v) is 21.7. The molecule has 0 unspecified atom stereocenters. The van der Waals surface area contributed by atoms with Gasteiger partial charge in [0, 0.05) is 37.4 Å². The van der Waals surface area contributed by atoms with Crippen LogP contribution in [-0.4, -0.2) is 61.5 Å². The number of hydrogen-bond donors (Lipinski definition) is 4. The molecule has 0 bridgehead atoms. The van der Waals surface area contributed by atoms with E-state index in [1.807, 2.05) is 24.4 Å². The van der Waals surface area contributed by atoms with Gasteiger partial charge in [-0.3, -0.25) is 14.9 Å². The van der Waals surface area contributed by atoms with E-state index in [1.54, 1.807) is 14.2 Å². The van der Waals surface area contributed by atoms with Gasteiger partial charge in [0.25, 0.3) is 0 Å². The minimum Gasteiger partial charge on any atom is -0.361 e. The van der Waals surface area contributed by atoms with Gasteiger partial charge in [-0.25, -0.2) is 0 Å². The van der Waals surface area contributed by atoms with Crippen molar-refractivity contribution in [2.24, 2.45) is 0 Å². The Morgan fingerprint density at radius 3 is 2.44 bits per heavy atom. The lowest BCUT2D eigenvalue weighted by atomic mass is 9.79. The fraction of sp³-hybridized carbons (Fsp3) is 0.643. The summed E-state index contributed by atoms with van der Waals surface area (Å²) in [5, 5.41) is 11.0. The third-order valence-corrected chi connectivity index (χ3v) is 7.92. The maximum Gasteiger partial charge on any atom is 0.240 e. The minimum atomic E-state index is -0.744. The summed E-state index contributed by atoms with van der Waals surface area (Å²) in [6.07, 6.45) is 12.1. The number of nitrogens with one attached hydrogen (secondary N) is 4. The van der Waals surface area contributed by atoms with E-state index >= 15 is 0 Å². The molecule has 2 aliphatic carbocycles. The van der Waals surface area contributed by atoms with Crippen LogP contribution in [0.1, 0.15) is 69.8 Å². The van der Waals surface area contributed by atoms with E-state index < -0.39 is 17.9 Å². The SMILES string of the molecule is COC(CNC(=O)[C@H](Cc1c[nH]c2ccccc12)NC1(C(=O)NC2CCCCC2)CCCCC1)OC. The van der Waals surface area contributed by atoms with Crippen molar-refractivity contribution in [3.8, 4) is 0 Å². The highest BCUT2D eigenvalue weighted by molar-refractivity contribution is 5.90. The van der Waals surface area contributed by atoms with Crippen molar-refractivity contribution in [2.45, 2.75) is 94.5 Å². The number of ether oxygens (including phenoxy) is 2. The number of methoxy groups -OCH3 is 2. The number of para-hydroxylation sites is 1. The van der Waals surface area contributed by atoms with E-state index in [4.69, 9.17) is 9.47 Å². The molecule has 1 heterocycles. The maximum atomic E-state index is 13.8. The molecule has 2 fully saturated rings. The van der Waals surface area contributed by atoms with Crippen LogP contribution in [-0.2, 0) is 25.5 Å². The summed E-state index contributed by atoms with van der Waals surface area (Å²) in [5.74, 6) is -0.104. The van der Waals surface area contributed by atoms with E-state index in [0.717, 1.165) is 74.3 Å². The normalized spacial score (nSPS) is 19.3. The lowest BCUT2D eigenvalue weighted by Crippen LogP contribution is -2.65. The van der Waals surface area contributed by atoms with Crippen molar-refractivity contribution in [3.05, 3.63) is 36.0 Å². The molecule has 0 saturated heterocycles. The van der Waals surface area contributed by atoms with E-state index in [2.05, 4.69) is 27.0 Å². The number of carbonyl (C=O) groups is 2. The quantitative estimate of drug-likeness (QED) is 0.355. The Morgan fingerprint density at radius 1 is 1.03 bits per heavy atom. The molecular formula is C28H42N4O4. The van der Waals surface area contributed by atoms with Gasteiger partial charge in [-0.1, -0.05) is 56.7 Å². The number of amides is 2. The number of rotatable bonds is 11. The van der Waals surface area contributed by atoms with Crippen LogP contribution in [0.15, 0.2) is 30.5 Å². The van der Waals surface area contributed by atoms with Crippen molar-refractivity contribution in [2.75, 3.05) is 20.8 Å². The van der Waals surface area contributed by atoms with Gasteiger partial charge in [0.05, 0.1) is 18.1 Å².